The van der Waals surface area contributed by atoms with E-state index in [1.54, 1.807) is 11.8 Å². The van der Waals surface area contributed by atoms with Crippen molar-refractivity contribution in [2.24, 2.45) is 5.73 Å². The van der Waals surface area contributed by atoms with Gasteiger partial charge in [-0.15, -0.1) is 0 Å². The average molecular weight is 197 g/mol. The van der Waals surface area contributed by atoms with Gasteiger partial charge in [0.05, 0.1) is 0 Å². The number of rotatable bonds is 3. The third kappa shape index (κ3) is 3.50. The van der Waals surface area contributed by atoms with E-state index in [-0.39, 0.29) is 10.7 Å². The Morgan fingerprint density at radius 1 is 2.00 bits per heavy atom. The van der Waals surface area contributed by atoms with Gasteiger partial charge in [0.15, 0.2) is 0 Å². The minimum atomic E-state index is -0.315. The Balaban J connectivity index is 3.32. The molecule has 0 aromatic heterocycles. The summed E-state index contributed by atoms with van der Waals surface area (Å²) in [6.07, 6.45) is 1.92. The molecule has 0 aliphatic rings. The molecule has 0 aromatic rings. The second kappa shape index (κ2) is 4.39. The summed E-state index contributed by atoms with van der Waals surface area (Å²) in [5.74, 6) is 0.700. The van der Waals surface area contributed by atoms with Crippen LogP contribution in [0.5, 0.6) is 0 Å². The molecule has 0 aromatic carbocycles. The molecule has 0 heterocycles. The molecule has 8 heavy (non-hydrogen) atoms. The average Bonchev–Trinajstić information content (AvgIpc) is 1.67. The van der Waals surface area contributed by atoms with E-state index in [1.165, 1.54) is 0 Å². The Bertz CT molecular complexity index is 88.1. The molecule has 1 atom stereocenters. The summed E-state index contributed by atoms with van der Waals surface area (Å²) < 4.78 is -0.0562. The van der Waals surface area contributed by atoms with E-state index in [2.05, 4.69) is 16.0 Å². The van der Waals surface area contributed by atoms with Crippen LogP contribution in [0.15, 0.2) is 0 Å². The number of carbonyl (C=O) groups excluding carboxylic acids is 1. The van der Waals surface area contributed by atoms with Gasteiger partial charge in [0, 0.05) is 0 Å². The molecule has 0 spiro atoms. The monoisotopic (exact) mass is 198 g/mol. The van der Waals surface area contributed by atoms with Crippen LogP contribution in [0.3, 0.4) is 0 Å². The van der Waals surface area contributed by atoms with Crippen LogP contribution in [0.1, 0.15) is 0 Å². The fourth-order valence-electron chi connectivity index (χ4n) is 0.248. The quantitative estimate of drug-likeness (QED) is 0.613. The first kappa shape index (κ1) is 8.50. The van der Waals surface area contributed by atoms with Crippen molar-refractivity contribution in [2.75, 3.05) is 12.0 Å². The zero-order chi connectivity index (χ0) is 6.57. The SMILES string of the molecule is CSC[C@H](N)C(=O)[Se]. The molecule has 0 aliphatic carbocycles. The molecule has 2 N–H and O–H groups in total. The van der Waals surface area contributed by atoms with Crippen LogP contribution in [0.2, 0.25) is 0 Å². The number of hydrogen-bond donors (Lipinski definition) is 1. The van der Waals surface area contributed by atoms with E-state index < -0.39 is 0 Å². The molecular weight excluding hydrogens is 189 g/mol. The third-order valence-electron chi connectivity index (χ3n) is 0.649. The van der Waals surface area contributed by atoms with E-state index >= 15 is 0 Å². The standard InChI is InChI=1S/C4H8NOSSe/c1-7-2-3(5)4(6)8/h3H,2,5H2,1H3/t3-/m0/s1. The van der Waals surface area contributed by atoms with Crippen LogP contribution in [0.4, 0.5) is 0 Å². The van der Waals surface area contributed by atoms with Crippen LogP contribution >= 0.6 is 11.8 Å². The summed E-state index contributed by atoms with van der Waals surface area (Å²) in [4.78, 5) is 10.3. The Kier molecular flexibility index (Phi) is 4.66. The molecule has 0 unspecified atom stereocenters. The minimum absolute atomic E-state index is 0.0562. The maximum absolute atomic E-state index is 10.3. The fourth-order valence-corrected chi connectivity index (χ4v) is 1.17. The first-order valence-corrected chi connectivity index (χ1v) is 4.39. The summed E-state index contributed by atoms with van der Waals surface area (Å²) in [6.45, 7) is 0. The zero-order valence-corrected chi connectivity index (χ0v) is 7.12. The van der Waals surface area contributed by atoms with Crippen LogP contribution in [0, 0.1) is 0 Å². The van der Waals surface area contributed by atoms with Crippen LogP contribution in [0.25, 0.3) is 0 Å². The van der Waals surface area contributed by atoms with E-state index in [1.807, 2.05) is 6.26 Å². The Labute approximate surface area is 61.4 Å². The van der Waals surface area contributed by atoms with Gasteiger partial charge < -0.3 is 0 Å². The maximum atomic E-state index is 10.3. The van der Waals surface area contributed by atoms with Crippen molar-refractivity contribution in [1.29, 1.82) is 0 Å². The molecule has 47 valence electrons. The number of hydrogen-bond acceptors (Lipinski definition) is 3. The van der Waals surface area contributed by atoms with Crippen molar-refractivity contribution < 1.29 is 4.79 Å². The molecule has 4 heteroatoms. The third-order valence-corrected chi connectivity index (χ3v) is 1.98. The fraction of sp³-hybridized carbons (Fsp3) is 0.750. The molecule has 0 rings (SSSR count). The first-order valence-electron chi connectivity index (χ1n) is 2.14. The van der Waals surface area contributed by atoms with Gasteiger partial charge in [0.1, 0.15) is 0 Å². The van der Waals surface area contributed by atoms with Gasteiger partial charge in [-0.1, -0.05) is 0 Å². The Hall–Kier alpha value is 0.499. The Morgan fingerprint density at radius 3 is 2.62 bits per heavy atom. The van der Waals surface area contributed by atoms with Gasteiger partial charge in [-0.2, -0.15) is 0 Å². The summed E-state index contributed by atoms with van der Waals surface area (Å²) in [7, 11) is 0. The van der Waals surface area contributed by atoms with Crippen molar-refractivity contribution in [1.82, 2.24) is 0 Å². The predicted octanol–water partition coefficient (Wildman–Crippen LogP) is -0.628. The van der Waals surface area contributed by atoms with Crippen LogP contribution in [-0.2, 0) is 4.79 Å². The van der Waals surface area contributed by atoms with E-state index in [0.717, 1.165) is 0 Å². The van der Waals surface area contributed by atoms with Gasteiger partial charge in [-0.3, -0.25) is 0 Å². The van der Waals surface area contributed by atoms with Crippen molar-refractivity contribution in [3.8, 4) is 0 Å². The zero-order valence-electron chi connectivity index (χ0n) is 4.59. The molecule has 0 bridgehead atoms. The Morgan fingerprint density at radius 2 is 2.50 bits per heavy atom. The van der Waals surface area contributed by atoms with Crippen LogP contribution in [-0.4, -0.2) is 38.7 Å². The summed E-state index contributed by atoms with van der Waals surface area (Å²) in [5, 5.41) is 0. The van der Waals surface area contributed by atoms with Gasteiger partial charge >= 0.3 is 61.0 Å². The molecule has 0 fully saturated rings. The number of nitrogens with two attached hydrogens (primary N) is 1. The van der Waals surface area contributed by atoms with Crippen LogP contribution < -0.4 is 5.73 Å². The van der Waals surface area contributed by atoms with Gasteiger partial charge in [0.25, 0.3) is 0 Å². The summed E-state index contributed by atoms with van der Waals surface area (Å²) >= 11 is 3.92. The number of thioether (sulfide) groups is 1. The second-order valence-corrected chi connectivity index (χ2v) is 3.14. The normalized spacial score (nSPS) is 13.2. The second-order valence-electron chi connectivity index (χ2n) is 1.38. The summed E-state index contributed by atoms with van der Waals surface area (Å²) in [6, 6.07) is -0.315. The van der Waals surface area contributed by atoms with E-state index in [0.29, 0.717) is 5.75 Å². The molecule has 2 nitrogen and oxygen atoms in total. The van der Waals surface area contributed by atoms with Gasteiger partial charge in [0.2, 0.25) is 0 Å². The molecule has 1 radical (unpaired) electrons. The van der Waals surface area contributed by atoms with Gasteiger partial charge in [-0.25, -0.2) is 0 Å². The van der Waals surface area contributed by atoms with Crippen molar-refractivity contribution in [2.45, 2.75) is 6.04 Å². The topological polar surface area (TPSA) is 43.1 Å². The van der Waals surface area contributed by atoms with Crippen molar-refractivity contribution >= 4 is 32.5 Å². The first-order chi connectivity index (χ1) is 3.68. The molecular formula is C4H8NOSSe. The molecule has 0 amide bonds. The van der Waals surface area contributed by atoms with Crippen molar-refractivity contribution in [3.05, 3.63) is 0 Å². The van der Waals surface area contributed by atoms with Crippen molar-refractivity contribution in [3.63, 3.8) is 0 Å². The van der Waals surface area contributed by atoms with E-state index in [9.17, 15) is 4.79 Å². The number of carbonyl (C=O) groups is 1. The molecule has 0 aliphatic heterocycles. The molecule has 0 saturated heterocycles. The molecule has 0 saturated carbocycles. The predicted molar refractivity (Wildman–Crippen MR) is 37.1 cm³/mol. The van der Waals surface area contributed by atoms with Gasteiger partial charge in [-0.05, 0) is 0 Å². The van der Waals surface area contributed by atoms with E-state index in [4.69, 9.17) is 5.73 Å². The summed E-state index contributed by atoms with van der Waals surface area (Å²) in [5.41, 5.74) is 5.33.